The number of sulfonamides is 1. The molecule has 0 amide bonds. The molecule has 0 spiro atoms. The van der Waals surface area contributed by atoms with Gasteiger partial charge in [-0.1, -0.05) is 65.8 Å². The van der Waals surface area contributed by atoms with Gasteiger partial charge in [0, 0.05) is 17.9 Å². The van der Waals surface area contributed by atoms with E-state index < -0.39 is 10.0 Å². The Morgan fingerprint density at radius 2 is 1.79 bits per heavy atom. The number of nitrogens with one attached hydrogen (secondary N) is 1. The SMILES string of the molecule is CS(=O)(=O)NCCCSc1nnc(-c2ccccc2Cl)n1Cc1ccccc1. The fourth-order valence-electron chi connectivity index (χ4n) is 2.64. The van der Waals surface area contributed by atoms with Crippen LogP contribution in [0.15, 0.2) is 59.8 Å². The first kappa shape index (κ1) is 20.9. The smallest absolute Gasteiger partial charge is 0.208 e. The minimum Gasteiger partial charge on any atom is -0.298 e. The summed E-state index contributed by atoms with van der Waals surface area (Å²) in [4.78, 5) is 0. The lowest BCUT2D eigenvalue weighted by molar-refractivity contribution is 0.587. The van der Waals surface area contributed by atoms with Gasteiger partial charge in [-0.2, -0.15) is 0 Å². The van der Waals surface area contributed by atoms with Crippen LogP contribution in [0.4, 0.5) is 0 Å². The molecule has 0 atom stereocenters. The number of nitrogens with zero attached hydrogens (tertiary/aromatic N) is 3. The highest BCUT2D eigenvalue weighted by Crippen LogP contribution is 2.30. The van der Waals surface area contributed by atoms with Crippen LogP contribution in [0.5, 0.6) is 0 Å². The van der Waals surface area contributed by atoms with Crippen molar-refractivity contribution in [3.63, 3.8) is 0 Å². The van der Waals surface area contributed by atoms with Gasteiger partial charge < -0.3 is 0 Å². The first-order chi connectivity index (χ1) is 13.4. The fraction of sp³-hybridized carbons (Fsp3) is 0.263. The van der Waals surface area contributed by atoms with Crippen molar-refractivity contribution < 1.29 is 8.42 Å². The first-order valence-corrected chi connectivity index (χ1v) is 12.0. The van der Waals surface area contributed by atoms with Crippen LogP contribution < -0.4 is 4.72 Å². The van der Waals surface area contributed by atoms with E-state index in [-0.39, 0.29) is 0 Å². The Labute approximate surface area is 174 Å². The van der Waals surface area contributed by atoms with Gasteiger partial charge >= 0.3 is 0 Å². The number of halogens is 1. The molecule has 6 nitrogen and oxygen atoms in total. The summed E-state index contributed by atoms with van der Waals surface area (Å²) >= 11 is 7.93. The van der Waals surface area contributed by atoms with E-state index in [1.165, 1.54) is 0 Å². The lowest BCUT2D eigenvalue weighted by Crippen LogP contribution is -2.23. The molecular weight excluding hydrogens is 416 g/mol. The highest BCUT2D eigenvalue weighted by Gasteiger charge is 2.16. The van der Waals surface area contributed by atoms with E-state index in [1.807, 2.05) is 47.0 Å². The molecule has 3 rings (SSSR count). The highest BCUT2D eigenvalue weighted by atomic mass is 35.5. The van der Waals surface area contributed by atoms with Crippen molar-refractivity contribution in [1.82, 2.24) is 19.5 Å². The third-order valence-corrected chi connectivity index (χ3v) is 6.04. The number of rotatable bonds is 9. The summed E-state index contributed by atoms with van der Waals surface area (Å²) in [7, 11) is -3.16. The van der Waals surface area contributed by atoms with Crippen LogP contribution in [0.2, 0.25) is 5.02 Å². The quantitative estimate of drug-likeness (QED) is 0.409. The van der Waals surface area contributed by atoms with E-state index in [9.17, 15) is 8.42 Å². The third kappa shape index (κ3) is 5.81. The molecule has 0 fully saturated rings. The zero-order chi connectivity index (χ0) is 20.0. The van der Waals surface area contributed by atoms with Crippen molar-refractivity contribution >= 4 is 33.4 Å². The van der Waals surface area contributed by atoms with Gasteiger partial charge in [-0.3, -0.25) is 4.57 Å². The van der Waals surface area contributed by atoms with Crippen molar-refractivity contribution in [3.05, 3.63) is 65.2 Å². The molecule has 0 radical (unpaired) electrons. The van der Waals surface area contributed by atoms with Crippen LogP contribution in [0, 0.1) is 0 Å². The van der Waals surface area contributed by atoms with Gasteiger partial charge in [-0.05, 0) is 24.1 Å². The minimum atomic E-state index is -3.16. The van der Waals surface area contributed by atoms with Crippen molar-refractivity contribution in [2.24, 2.45) is 0 Å². The Balaban J connectivity index is 1.80. The lowest BCUT2D eigenvalue weighted by atomic mass is 10.2. The number of aromatic nitrogens is 3. The standard InChI is InChI=1S/C19H21ClN4O2S2/c1-28(25,26)21-12-7-13-27-19-23-22-18(16-10-5-6-11-17(16)20)24(19)14-15-8-3-2-4-9-15/h2-6,8-11,21H,7,12-14H2,1H3. The average Bonchev–Trinajstić information content (AvgIpc) is 3.04. The van der Waals surface area contributed by atoms with Gasteiger partial charge in [-0.25, -0.2) is 13.1 Å². The molecule has 9 heteroatoms. The summed E-state index contributed by atoms with van der Waals surface area (Å²) in [5, 5.41) is 10.1. The molecule has 0 unspecified atom stereocenters. The maximum absolute atomic E-state index is 11.2. The normalized spacial score (nSPS) is 11.6. The summed E-state index contributed by atoms with van der Waals surface area (Å²) in [6.07, 6.45) is 1.85. The molecule has 1 heterocycles. The lowest BCUT2D eigenvalue weighted by Gasteiger charge is -2.11. The van der Waals surface area contributed by atoms with Gasteiger partial charge in [-0.15, -0.1) is 10.2 Å². The van der Waals surface area contributed by atoms with E-state index in [4.69, 9.17) is 11.6 Å². The topological polar surface area (TPSA) is 76.9 Å². The Hall–Kier alpha value is -1.87. The summed E-state index contributed by atoms with van der Waals surface area (Å²) in [5.41, 5.74) is 1.97. The molecule has 0 aliphatic heterocycles. The second-order valence-corrected chi connectivity index (χ2v) is 9.53. The van der Waals surface area contributed by atoms with Crippen molar-refractivity contribution in [2.75, 3.05) is 18.6 Å². The average molecular weight is 437 g/mol. The molecule has 1 aromatic heterocycles. The zero-order valence-electron chi connectivity index (χ0n) is 15.4. The first-order valence-electron chi connectivity index (χ1n) is 8.73. The molecule has 148 valence electrons. The number of benzene rings is 2. The van der Waals surface area contributed by atoms with Crippen molar-refractivity contribution in [3.8, 4) is 11.4 Å². The van der Waals surface area contributed by atoms with Crippen LogP contribution in [0.25, 0.3) is 11.4 Å². The molecule has 0 aliphatic carbocycles. The number of hydrogen-bond acceptors (Lipinski definition) is 5. The molecule has 0 saturated heterocycles. The predicted octanol–water partition coefficient (Wildman–Crippen LogP) is 3.68. The van der Waals surface area contributed by atoms with E-state index >= 15 is 0 Å². The molecular formula is C19H21ClN4O2S2. The van der Waals surface area contributed by atoms with E-state index in [0.717, 1.165) is 28.3 Å². The minimum absolute atomic E-state index is 0.399. The highest BCUT2D eigenvalue weighted by molar-refractivity contribution is 7.99. The third-order valence-electron chi connectivity index (χ3n) is 3.93. The van der Waals surface area contributed by atoms with Crippen LogP contribution in [0.3, 0.4) is 0 Å². The Kier molecular flexibility index (Phi) is 7.12. The van der Waals surface area contributed by atoms with Crippen LogP contribution in [-0.4, -0.2) is 41.7 Å². The molecule has 0 bridgehead atoms. The molecule has 0 saturated carbocycles. The second kappa shape index (κ2) is 9.56. The van der Waals surface area contributed by atoms with Crippen LogP contribution in [-0.2, 0) is 16.6 Å². The van der Waals surface area contributed by atoms with Gasteiger partial charge in [0.15, 0.2) is 11.0 Å². The van der Waals surface area contributed by atoms with Gasteiger partial charge in [0.1, 0.15) is 0 Å². The molecule has 2 aromatic carbocycles. The molecule has 1 N–H and O–H groups in total. The fourth-order valence-corrected chi connectivity index (χ4v) is 4.25. The number of thioether (sulfide) groups is 1. The van der Waals surface area contributed by atoms with Gasteiger partial charge in [0.25, 0.3) is 0 Å². The summed E-state index contributed by atoms with van der Waals surface area (Å²) < 4.78 is 26.9. The molecule has 3 aromatic rings. The maximum Gasteiger partial charge on any atom is 0.208 e. The Morgan fingerprint density at radius 1 is 1.07 bits per heavy atom. The van der Waals surface area contributed by atoms with Crippen LogP contribution in [0.1, 0.15) is 12.0 Å². The summed E-state index contributed by atoms with van der Waals surface area (Å²) in [5.74, 6) is 1.43. The van der Waals surface area contributed by atoms with E-state index in [1.54, 1.807) is 11.8 Å². The summed E-state index contributed by atoms with van der Waals surface area (Å²) in [6, 6.07) is 17.7. The predicted molar refractivity (Wildman–Crippen MR) is 114 cm³/mol. The molecule has 0 aliphatic rings. The van der Waals surface area contributed by atoms with Crippen molar-refractivity contribution in [2.45, 2.75) is 18.1 Å². The Morgan fingerprint density at radius 3 is 2.50 bits per heavy atom. The van der Waals surface area contributed by atoms with Gasteiger partial charge in [0.2, 0.25) is 10.0 Å². The van der Waals surface area contributed by atoms with Crippen LogP contribution >= 0.6 is 23.4 Å². The second-order valence-electron chi connectivity index (χ2n) is 6.23. The number of hydrogen-bond donors (Lipinski definition) is 1. The molecule has 28 heavy (non-hydrogen) atoms. The summed E-state index contributed by atoms with van der Waals surface area (Å²) in [6.45, 7) is 1.02. The Bertz CT molecular complexity index is 1020. The largest absolute Gasteiger partial charge is 0.298 e. The van der Waals surface area contributed by atoms with Gasteiger partial charge in [0.05, 0.1) is 17.8 Å². The zero-order valence-corrected chi connectivity index (χ0v) is 17.8. The van der Waals surface area contributed by atoms with Crippen molar-refractivity contribution in [1.29, 1.82) is 0 Å². The van der Waals surface area contributed by atoms with E-state index in [2.05, 4.69) is 27.1 Å². The monoisotopic (exact) mass is 436 g/mol. The maximum atomic E-state index is 11.2. The van der Waals surface area contributed by atoms with E-state index in [0.29, 0.717) is 30.4 Å².